The molecule has 2 rings (SSSR count). The van der Waals surface area contributed by atoms with E-state index in [0.29, 0.717) is 16.7 Å². The standard InChI is InChI=1S/C13H16N2O4/c1-7(2)15-10-5-8(9(6-14)12(16)17)3-4-11(10)19-13(15)18/h3-5,7,9H,6,14H2,1-2H3,(H,16,17). The van der Waals surface area contributed by atoms with Gasteiger partial charge in [-0.25, -0.2) is 4.79 Å². The van der Waals surface area contributed by atoms with E-state index in [1.54, 1.807) is 18.2 Å². The Balaban J connectivity index is 2.65. The van der Waals surface area contributed by atoms with E-state index < -0.39 is 17.6 Å². The minimum Gasteiger partial charge on any atom is -0.481 e. The first-order valence-corrected chi connectivity index (χ1v) is 6.03. The molecule has 1 aromatic heterocycles. The second kappa shape index (κ2) is 4.89. The summed E-state index contributed by atoms with van der Waals surface area (Å²) in [4.78, 5) is 22.8. The van der Waals surface area contributed by atoms with Crippen LogP contribution in [0.25, 0.3) is 11.1 Å². The number of hydrogen-bond donors (Lipinski definition) is 2. The Morgan fingerprint density at radius 1 is 1.47 bits per heavy atom. The van der Waals surface area contributed by atoms with Crippen LogP contribution < -0.4 is 11.5 Å². The zero-order valence-electron chi connectivity index (χ0n) is 10.8. The van der Waals surface area contributed by atoms with E-state index in [1.165, 1.54) is 4.57 Å². The Hall–Kier alpha value is -2.08. The maximum Gasteiger partial charge on any atom is 0.420 e. The fourth-order valence-electron chi connectivity index (χ4n) is 2.14. The lowest BCUT2D eigenvalue weighted by Crippen LogP contribution is -2.21. The Kier molecular flexibility index (Phi) is 3.44. The van der Waals surface area contributed by atoms with Gasteiger partial charge in [0.25, 0.3) is 0 Å². The van der Waals surface area contributed by atoms with Crippen molar-refractivity contribution in [2.75, 3.05) is 6.54 Å². The van der Waals surface area contributed by atoms with E-state index in [2.05, 4.69) is 0 Å². The number of rotatable bonds is 4. The van der Waals surface area contributed by atoms with Crippen molar-refractivity contribution in [2.24, 2.45) is 5.73 Å². The first-order chi connectivity index (χ1) is 8.95. The Labute approximate surface area is 109 Å². The van der Waals surface area contributed by atoms with Gasteiger partial charge in [-0.15, -0.1) is 0 Å². The molecule has 0 amide bonds. The van der Waals surface area contributed by atoms with Crippen molar-refractivity contribution in [1.82, 2.24) is 4.57 Å². The summed E-state index contributed by atoms with van der Waals surface area (Å²) >= 11 is 0. The molecule has 3 N–H and O–H groups in total. The lowest BCUT2D eigenvalue weighted by Gasteiger charge is -2.11. The molecule has 1 atom stereocenters. The summed E-state index contributed by atoms with van der Waals surface area (Å²) in [6, 6.07) is 4.83. The van der Waals surface area contributed by atoms with Crippen molar-refractivity contribution in [1.29, 1.82) is 0 Å². The van der Waals surface area contributed by atoms with Gasteiger partial charge in [0.1, 0.15) is 0 Å². The fraction of sp³-hybridized carbons (Fsp3) is 0.385. The van der Waals surface area contributed by atoms with Crippen LogP contribution in [0.5, 0.6) is 0 Å². The molecule has 0 aliphatic heterocycles. The molecule has 1 unspecified atom stereocenters. The smallest absolute Gasteiger partial charge is 0.420 e. The van der Waals surface area contributed by atoms with Gasteiger partial charge < -0.3 is 15.3 Å². The van der Waals surface area contributed by atoms with Crippen molar-refractivity contribution in [3.05, 3.63) is 34.3 Å². The summed E-state index contributed by atoms with van der Waals surface area (Å²) in [5.41, 5.74) is 7.09. The van der Waals surface area contributed by atoms with Crippen LogP contribution in [0.4, 0.5) is 0 Å². The molecule has 1 aromatic carbocycles. The molecule has 0 radical (unpaired) electrons. The highest BCUT2D eigenvalue weighted by Crippen LogP contribution is 2.23. The van der Waals surface area contributed by atoms with Crippen LogP contribution in [0.3, 0.4) is 0 Å². The Morgan fingerprint density at radius 3 is 2.68 bits per heavy atom. The highest BCUT2D eigenvalue weighted by Gasteiger charge is 2.20. The predicted molar refractivity (Wildman–Crippen MR) is 70.3 cm³/mol. The van der Waals surface area contributed by atoms with E-state index in [9.17, 15) is 9.59 Å². The summed E-state index contributed by atoms with van der Waals surface area (Å²) in [6.07, 6.45) is 0. The van der Waals surface area contributed by atoms with Crippen LogP contribution >= 0.6 is 0 Å². The molecule has 102 valence electrons. The molecule has 0 saturated heterocycles. The molecule has 0 fully saturated rings. The second-order valence-corrected chi connectivity index (χ2v) is 4.69. The number of carboxylic acids is 1. The molecule has 0 bridgehead atoms. The zero-order chi connectivity index (χ0) is 14.2. The molecule has 6 heteroatoms. The molecule has 2 aromatic rings. The average Bonchev–Trinajstić information content (AvgIpc) is 2.64. The number of aromatic nitrogens is 1. The fourth-order valence-corrected chi connectivity index (χ4v) is 2.14. The van der Waals surface area contributed by atoms with Gasteiger partial charge in [-0.1, -0.05) is 6.07 Å². The van der Waals surface area contributed by atoms with E-state index >= 15 is 0 Å². The maximum atomic E-state index is 11.7. The lowest BCUT2D eigenvalue weighted by atomic mass is 9.99. The summed E-state index contributed by atoms with van der Waals surface area (Å²) in [5.74, 6) is -2.21. The Bertz CT molecular complexity index is 669. The summed E-state index contributed by atoms with van der Waals surface area (Å²) in [6.45, 7) is 3.73. The molecule has 0 aliphatic rings. The summed E-state index contributed by atoms with van der Waals surface area (Å²) in [7, 11) is 0. The number of hydrogen-bond acceptors (Lipinski definition) is 4. The van der Waals surface area contributed by atoms with Crippen LogP contribution in [-0.2, 0) is 4.79 Å². The first kappa shape index (κ1) is 13.4. The van der Waals surface area contributed by atoms with Gasteiger partial charge in [0.05, 0.1) is 11.4 Å². The monoisotopic (exact) mass is 264 g/mol. The van der Waals surface area contributed by atoms with E-state index in [-0.39, 0.29) is 12.6 Å². The third kappa shape index (κ3) is 2.26. The minimum absolute atomic E-state index is 0.00457. The summed E-state index contributed by atoms with van der Waals surface area (Å²) < 4.78 is 6.61. The zero-order valence-corrected chi connectivity index (χ0v) is 10.8. The number of nitrogens with two attached hydrogens (primary N) is 1. The third-order valence-corrected chi connectivity index (χ3v) is 3.09. The van der Waals surface area contributed by atoms with E-state index in [0.717, 1.165) is 0 Å². The second-order valence-electron chi connectivity index (χ2n) is 4.69. The van der Waals surface area contributed by atoms with Gasteiger partial charge in [-0.05, 0) is 31.5 Å². The Morgan fingerprint density at radius 2 is 2.16 bits per heavy atom. The number of benzene rings is 1. The van der Waals surface area contributed by atoms with Crippen molar-refractivity contribution in [3.8, 4) is 0 Å². The molecular weight excluding hydrogens is 248 g/mol. The van der Waals surface area contributed by atoms with Gasteiger partial charge in [0, 0.05) is 12.6 Å². The highest BCUT2D eigenvalue weighted by molar-refractivity contribution is 5.80. The molecule has 19 heavy (non-hydrogen) atoms. The number of carboxylic acid groups (broad SMARTS) is 1. The van der Waals surface area contributed by atoms with Gasteiger partial charge in [-0.2, -0.15) is 0 Å². The van der Waals surface area contributed by atoms with Crippen molar-refractivity contribution < 1.29 is 14.3 Å². The van der Waals surface area contributed by atoms with Crippen LogP contribution in [-0.4, -0.2) is 22.2 Å². The normalized spacial score (nSPS) is 13.1. The minimum atomic E-state index is -0.983. The number of fused-ring (bicyclic) bond motifs is 1. The number of carbonyl (C=O) groups is 1. The molecule has 0 aliphatic carbocycles. The predicted octanol–water partition coefficient (Wildman–Crippen LogP) is 1.30. The molecule has 1 heterocycles. The average molecular weight is 264 g/mol. The third-order valence-electron chi connectivity index (χ3n) is 3.09. The van der Waals surface area contributed by atoms with Crippen LogP contribution in [0, 0.1) is 0 Å². The van der Waals surface area contributed by atoms with Crippen LogP contribution in [0.1, 0.15) is 31.4 Å². The molecular formula is C13H16N2O4. The summed E-state index contributed by atoms with van der Waals surface area (Å²) in [5, 5.41) is 9.11. The molecule has 6 nitrogen and oxygen atoms in total. The first-order valence-electron chi connectivity index (χ1n) is 6.03. The molecule has 0 saturated carbocycles. The van der Waals surface area contributed by atoms with Crippen molar-refractivity contribution in [3.63, 3.8) is 0 Å². The maximum absolute atomic E-state index is 11.7. The van der Waals surface area contributed by atoms with Gasteiger partial charge in [-0.3, -0.25) is 9.36 Å². The van der Waals surface area contributed by atoms with E-state index in [1.807, 2.05) is 13.8 Å². The van der Waals surface area contributed by atoms with Crippen molar-refractivity contribution >= 4 is 17.1 Å². The largest absolute Gasteiger partial charge is 0.481 e. The van der Waals surface area contributed by atoms with Gasteiger partial charge >= 0.3 is 11.7 Å². The van der Waals surface area contributed by atoms with Crippen LogP contribution in [0.2, 0.25) is 0 Å². The number of nitrogens with zero attached hydrogens (tertiary/aromatic N) is 1. The number of aliphatic carboxylic acids is 1. The topological polar surface area (TPSA) is 98.5 Å². The lowest BCUT2D eigenvalue weighted by molar-refractivity contribution is -0.138. The van der Waals surface area contributed by atoms with E-state index in [4.69, 9.17) is 15.3 Å². The quantitative estimate of drug-likeness (QED) is 0.867. The van der Waals surface area contributed by atoms with Gasteiger partial charge in [0.15, 0.2) is 5.58 Å². The highest BCUT2D eigenvalue weighted by atomic mass is 16.4. The van der Waals surface area contributed by atoms with Crippen LogP contribution in [0.15, 0.2) is 27.4 Å². The molecule has 0 spiro atoms. The SMILES string of the molecule is CC(C)n1c(=O)oc2ccc(C(CN)C(=O)O)cc21. The van der Waals surface area contributed by atoms with Crippen molar-refractivity contribution in [2.45, 2.75) is 25.8 Å². The number of oxazole rings is 1. The van der Waals surface area contributed by atoms with Gasteiger partial charge in [0.2, 0.25) is 0 Å².